The van der Waals surface area contributed by atoms with Crippen molar-refractivity contribution in [2.24, 2.45) is 0 Å². The van der Waals surface area contributed by atoms with Gasteiger partial charge in [-0.1, -0.05) is 54.6 Å². The van der Waals surface area contributed by atoms with Crippen molar-refractivity contribution in [1.82, 2.24) is 0 Å². The van der Waals surface area contributed by atoms with Gasteiger partial charge < -0.3 is 28.4 Å². The molecule has 9 heteroatoms. The van der Waals surface area contributed by atoms with Gasteiger partial charge in [-0.05, 0) is 50.2 Å². The van der Waals surface area contributed by atoms with E-state index in [1.54, 1.807) is 105 Å². The molecule has 0 saturated carbocycles. The number of esters is 3. The Labute approximate surface area is 225 Å². The van der Waals surface area contributed by atoms with Crippen LogP contribution in [0.4, 0.5) is 0 Å². The first-order valence-corrected chi connectivity index (χ1v) is 12.5. The molecule has 0 unspecified atom stereocenters. The molecule has 4 atom stereocenters. The largest absolute Gasteiger partial charge is 0.452 e. The van der Waals surface area contributed by atoms with Crippen LogP contribution in [0.1, 0.15) is 44.9 Å². The highest BCUT2D eigenvalue weighted by atomic mass is 16.8. The summed E-state index contributed by atoms with van der Waals surface area (Å²) < 4.78 is 35.6. The zero-order valence-corrected chi connectivity index (χ0v) is 21.5. The summed E-state index contributed by atoms with van der Waals surface area (Å²) in [4.78, 5) is 39.5. The maximum Gasteiger partial charge on any atom is 0.338 e. The highest BCUT2D eigenvalue weighted by molar-refractivity contribution is 5.91. The lowest BCUT2D eigenvalue weighted by Gasteiger charge is -2.45. The molecular weight excluding hydrogens is 504 g/mol. The number of rotatable bonds is 6. The van der Waals surface area contributed by atoms with E-state index < -0.39 is 47.8 Å². The summed E-state index contributed by atoms with van der Waals surface area (Å²) in [5, 5.41) is 0. The summed E-state index contributed by atoms with van der Waals surface area (Å²) in [5.74, 6) is -4.76. The van der Waals surface area contributed by atoms with Crippen molar-refractivity contribution in [3.8, 4) is 0 Å². The van der Waals surface area contributed by atoms with Gasteiger partial charge in [0.05, 0.1) is 23.3 Å². The van der Waals surface area contributed by atoms with Crippen LogP contribution in [0.2, 0.25) is 0 Å². The first-order chi connectivity index (χ1) is 18.8. The smallest absolute Gasteiger partial charge is 0.338 e. The Bertz CT molecular complexity index is 1310. The molecule has 0 N–H and O–H groups in total. The minimum atomic E-state index is -1.62. The van der Waals surface area contributed by atoms with E-state index in [1.165, 1.54) is 0 Å². The normalized spacial score (nSPS) is 25.5. The summed E-state index contributed by atoms with van der Waals surface area (Å²) in [5.41, 5.74) is 0.830. The highest BCUT2D eigenvalue weighted by Gasteiger charge is 2.62. The van der Waals surface area contributed by atoms with Gasteiger partial charge in [-0.25, -0.2) is 14.4 Å². The van der Waals surface area contributed by atoms with Gasteiger partial charge in [0.25, 0.3) is 0 Å². The van der Waals surface area contributed by atoms with Crippen molar-refractivity contribution in [2.75, 3.05) is 13.2 Å². The lowest BCUT2D eigenvalue weighted by molar-refractivity contribution is -0.335. The fourth-order valence-electron chi connectivity index (χ4n) is 4.50. The molecule has 5 rings (SSSR count). The summed E-state index contributed by atoms with van der Waals surface area (Å²) in [6.07, 6.45) is -3.76. The molecular formula is C30H28O9. The minimum Gasteiger partial charge on any atom is -0.452 e. The molecule has 39 heavy (non-hydrogen) atoms. The fraction of sp³-hybridized carbons (Fsp3) is 0.300. The average Bonchev–Trinajstić information content (AvgIpc) is 3.28. The van der Waals surface area contributed by atoms with Crippen molar-refractivity contribution >= 4 is 17.9 Å². The number of carbonyl (C=O) groups excluding carboxylic acids is 3. The van der Waals surface area contributed by atoms with E-state index >= 15 is 0 Å². The molecule has 1 spiro atoms. The van der Waals surface area contributed by atoms with E-state index in [0.717, 1.165) is 0 Å². The van der Waals surface area contributed by atoms with Gasteiger partial charge in [-0.15, -0.1) is 0 Å². The highest BCUT2D eigenvalue weighted by Crippen LogP contribution is 2.42. The predicted molar refractivity (Wildman–Crippen MR) is 137 cm³/mol. The summed E-state index contributed by atoms with van der Waals surface area (Å²) in [6.45, 7) is 3.05. The van der Waals surface area contributed by atoms with Gasteiger partial charge in [0, 0.05) is 0 Å². The number of hydrogen-bond donors (Lipinski definition) is 0. The lowest BCUT2D eigenvalue weighted by Crippen LogP contribution is -2.65. The lowest BCUT2D eigenvalue weighted by atomic mass is 9.96. The molecule has 2 heterocycles. The summed E-state index contributed by atoms with van der Waals surface area (Å²) in [7, 11) is 0. The van der Waals surface area contributed by atoms with Gasteiger partial charge >= 0.3 is 17.9 Å². The standard InChI is InChI=1S/C30H28O9/c1-29(2)35-19-30(39-29)25(38-28(33)22-16-10-5-11-17-22)24(37-27(32)21-14-8-4-9-15-21)23(18-34-30)36-26(31)20-12-6-3-7-13-20/h3-17,23-25H,18-19H2,1-2H3/t23-,24-,25+,30+/m1/s1. The van der Waals surface area contributed by atoms with E-state index in [4.69, 9.17) is 28.4 Å². The van der Waals surface area contributed by atoms with Crippen LogP contribution in [-0.4, -0.2) is 61.0 Å². The van der Waals surface area contributed by atoms with Gasteiger partial charge in [0.1, 0.15) is 6.61 Å². The molecule has 0 aliphatic carbocycles. The second kappa shape index (κ2) is 11.0. The van der Waals surface area contributed by atoms with Crippen molar-refractivity contribution in [1.29, 1.82) is 0 Å². The number of benzene rings is 3. The van der Waals surface area contributed by atoms with Crippen LogP contribution in [0.5, 0.6) is 0 Å². The van der Waals surface area contributed by atoms with Crippen LogP contribution in [0.15, 0.2) is 91.0 Å². The molecule has 3 aromatic rings. The maximum absolute atomic E-state index is 13.2. The van der Waals surface area contributed by atoms with E-state index in [2.05, 4.69) is 0 Å². The second-order valence-electron chi connectivity index (χ2n) is 9.65. The Kier molecular flexibility index (Phi) is 7.47. The summed E-state index contributed by atoms with van der Waals surface area (Å²) >= 11 is 0. The van der Waals surface area contributed by atoms with E-state index in [9.17, 15) is 14.4 Å². The van der Waals surface area contributed by atoms with Crippen molar-refractivity contribution in [2.45, 2.75) is 43.7 Å². The van der Waals surface area contributed by atoms with Gasteiger partial charge in [0.2, 0.25) is 5.79 Å². The van der Waals surface area contributed by atoms with Crippen LogP contribution in [0.25, 0.3) is 0 Å². The molecule has 0 radical (unpaired) electrons. The first-order valence-electron chi connectivity index (χ1n) is 12.5. The van der Waals surface area contributed by atoms with E-state index in [-0.39, 0.29) is 24.3 Å². The number of hydrogen-bond acceptors (Lipinski definition) is 9. The molecule has 3 aromatic carbocycles. The Balaban J connectivity index is 1.51. The third kappa shape index (κ3) is 5.85. The molecule has 9 nitrogen and oxygen atoms in total. The Morgan fingerprint density at radius 1 is 0.667 bits per heavy atom. The second-order valence-corrected chi connectivity index (χ2v) is 9.65. The van der Waals surface area contributed by atoms with Crippen molar-refractivity contribution in [3.63, 3.8) is 0 Å². The van der Waals surface area contributed by atoms with Crippen LogP contribution < -0.4 is 0 Å². The van der Waals surface area contributed by atoms with Crippen molar-refractivity contribution < 1.29 is 42.8 Å². The molecule has 2 saturated heterocycles. The van der Waals surface area contributed by atoms with Gasteiger partial charge in [-0.2, -0.15) is 0 Å². The monoisotopic (exact) mass is 532 g/mol. The molecule has 0 bridgehead atoms. The SMILES string of the molecule is CC1(C)OC[C@]2(OC[C@@H](OC(=O)c3ccccc3)[C@@H](OC(=O)c3ccccc3)[C@@H]2OC(=O)c2ccccc2)O1. The van der Waals surface area contributed by atoms with Crippen LogP contribution >= 0.6 is 0 Å². The fourth-order valence-corrected chi connectivity index (χ4v) is 4.50. The molecule has 2 aliphatic heterocycles. The molecule has 0 aromatic heterocycles. The third-order valence-electron chi connectivity index (χ3n) is 6.39. The van der Waals surface area contributed by atoms with Gasteiger partial charge in [-0.3, -0.25) is 0 Å². The maximum atomic E-state index is 13.2. The van der Waals surface area contributed by atoms with Crippen LogP contribution in [0.3, 0.4) is 0 Å². The predicted octanol–water partition coefficient (Wildman–Crippen LogP) is 4.17. The van der Waals surface area contributed by atoms with E-state index in [1.807, 2.05) is 0 Å². The Morgan fingerprint density at radius 2 is 1.13 bits per heavy atom. The number of ether oxygens (including phenoxy) is 6. The zero-order chi connectivity index (χ0) is 27.5. The zero-order valence-electron chi connectivity index (χ0n) is 21.5. The van der Waals surface area contributed by atoms with Crippen LogP contribution in [0, 0.1) is 0 Å². The Morgan fingerprint density at radius 3 is 1.59 bits per heavy atom. The molecule has 2 fully saturated rings. The quantitative estimate of drug-likeness (QED) is 0.341. The Hall–Kier alpha value is -4.05. The molecule has 0 amide bonds. The number of carbonyl (C=O) groups is 3. The van der Waals surface area contributed by atoms with Gasteiger partial charge in [0.15, 0.2) is 24.1 Å². The van der Waals surface area contributed by atoms with Crippen molar-refractivity contribution in [3.05, 3.63) is 108 Å². The average molecular weight is 533 g/mol. The third-order valence-corrected chi connectivity index (χ3v) is 6.39. The minimum absolute atomic E-state index is 0.120. The topological polar surface area (TPSA) is 107 Å². The van der Waals surface area contributed by atoms with Crippen LogP contribution in [-0.2, 0) is 28.4 Å². The molecule has 202 valence electrons. The van der Waals surface area contributed by atoms with E-state index in [0.29, 0.717) is 5.56 Å². The molecule has 2 aliphatic rings. The first kappa shape index (κ1) is 26.6. The summed E-state index contributed by atoms with van der Waals surface area (Å²) in [6, 6.07) is 25.0.